The number of nitrogens with zero attached hydrogens (tertiary/aromatic N) is 3. The fourth-order valence-electron chi connectivity index (χ4n) is 3.60. The molecule has 27 heavy (non-hydrogen) atoms. The van der Waals surface area contributed by atoms with Gasteiger partial charge in [-0.25, -0.2) is 4.98 Å². The van der Waals surface area contributed by atoms with Crippen LogP contribution in [0.15, 0.2) is 28.4 Å². The number of aromatic nitrogens is 2. The van der Waals surface area contributed by atoms with E-state index in [1.54, 1.807) is 14.2 Å². The van der Waals surface area contributed by atoms with Crippen LogP contribution in [0.2, 0.25) is 0 Å². The van der Waals surface area contributed by atoms with Crippen LogP contribution in [0.4, 0.5) is 0 Å². The maximum absolute atomic E-state index is 12.9. The molecule has 0 saturated heterocycles. The van der Waals surface area contributed by atoms with Gasteiger partial charge in [0.1, 0.15) is 22.0 Å². The van der Waals surface area contributed by atoms with Crippen LogP contribution in [0.25, 0.3) is 10.2 Å². The summed E-state index contributed by atoms with van der Waals surface area (Å²) in [4.78, 5) is 20.0. The standard InChI is InChI=1S/C20H23N3O3S/c1-13-12-27-19-18(13)21-17-6-7-22(8-9-23(17)20(19)24)11-14-10-15(25-2)4-5-16(14)26-3/h4-5,10,12H,6-9,11H2,1-3H3. The number of ether oxygens (including phenoxy) is 2. The van der Waals surface area contributed by atoms with E-state index < -0.39 is 0 Å². The van der Waals surface area contributed by atoms with E-state index in [2.05, 4.69) is 4.90 Å². The third-order valence-electron chi connectivity index (χ3n) is 5.11. The fraction of sp³-hybridized carbons (Fsp3) is 0.400. The van der Waals surface area contributed by atoms with Crippen LogP contribution in [0.1, 0.15) is 17.0 Å². The Bertz CT molecular complexity index is 1040. The highest BCUT2D eigenvalue weighted by Gasteiger charge is 2.20. The van der Waals surface area contributed by atoms with Crippen LogP contribution in [-0.2, 0) is 19.5 Å². The average molecular weight is 385 g/mol. The molecule has 0 saturated carbocycles. The van der Waals surface area contributed by atoms with Crippen LogP contribution < -0.4 is 15.0 Å². The Morgan fingerprint density at radius 3 is 2.81 bits per heavy atom. The molecule has 0 bridgehead atoms. The summed E-state index contributed by atoms with van der Waals surface area (Å²) < 4.78 is 13.5. The Kier molecular flexibility index (Phi) is 4.88. The van der Waals surface area contributed by atoms with Crippen LogP contribution in [-0.4, -0.2) is 41.8 Å². The van der Waals surface area contributed by atoms with Crippen molar-refractivity contribution in [1.82, 2.24) is 14.5 Å². The van der Waals surface area contributed by atoms with E-state index in [4.69, 9.17) is 14.5 Å². The highest BCUT2D eigenvalue weighted by molar-refractivity contribution is 7.17. The van der Waals surface area contributed by atoms with Gasteiger partial charge in [0.2, 0.25) is 0 Å². The molecule has 7 heteroatoms. The van der Waals surface area contributed by atoms with Crippen molar-refractivity contribution in [2.75, 3.05) is 27.3 Å². The van der Waals surface area contributed by atoms with Gasteiger partial charge in [0.15, 0.2) is 0 Å². The minimum Gasteiger partial charge on any atom is -0.497 e. The van der Waals surface area contributed by atoms with Gasteiger partial charge in [-0.2, -0.15) is 0 Å². The van der Waals surface area contributed by atoms with Crippen molar-refractivity contribution < 1.29 is 9.47 Å². The molecular weight excluding hydrogens is 362 g/mol. The molecule has 1 aliphatic rings. The maximum atomic E-state index is 12.9. The lowest BCUT2D eigenvalue weighted by Gasteiger charge is -2.21. The first-order valence-corrected chi connectivity index (χ1v) is 9.89. The Balaban J connectivity index is 1.60. The zero-order valence-electron chi connectivity index (χ0n) is 15.8. The Morgan fingerprint density at radius 2 is 2.04 bits per heavy atom. The smallest absolute Gasteiger partial charge is 0.271 e. The minimum atomic E-state index is 0.0916. The van der Waals surface area contributed by atoms with E-state index in [9.17, 15) is 4.79 Å². The van der Waals surface area contributed by atoms with E-state index in [1.165, 1.54) is 11.3 Å². The second kappa shape index (κ2) is 7.32. The lowest BCUT2D eigenvalue weighted by molar-refractivity contribution is 0.266. The summed E-state index contributed by atoms with van der Waals surface area (Å²) in [5.74, 6) is 2.55. The molecule has 0 amide bonds. The predicted molar refractivity (Wildman–Crippen MR) is 107 cm³/mol. The molecule has 0 unspecified atom stereocenters. The summed E-state index contributed by atoms with van der Waals surface area (Å²) in [5.41, 5.74) is 3.12. The third-order valence-corrected chi connectivity index (χ3v) is 6.18. The summed E-state index contributed by atoms with van der Waals surface area (Å²) in [7, 11) is 3.35. The van der Waals surface area contributed by atoms with E-state index in [1.807, 2.05) is 35.1 Å². The quantitative estimate of drug-likeness (QED) is 0.691. The van der Waals surface area contributed by atoms with Crippen molar-refractivity contribution in [3.8, 4) is 11.5 Å². The molecule has 0 N–H and O–H groups in total. The molecule has 0 spiro atoms. The van der Waals surface area contributed by atoms with E-state index in [0.29, 0.717) is 6.54 Å². The van der Waals surface area contributed by atoms with Crippen LogP contribution in [0.3, 0.4) is 0 Å². The summed E-state index contributed by atoms with van der Waals surface area (Å²) in [6.45, 7) is 5.06. The number of methoxy groups -OCH3 is 2. The summed E-state index contributed by atoms with van der Waals surface area (Å²) >= 11 is 1.49. The second-order valence-electron chi connectivity index (χ2n) is 6.79. The SMILES string of the molecule is COc1ccc(OC)c(CN2CCc3nc4c(C)csc4c(=O)n3CC2)c1. The summed E-state index contributed by atoms with van der Waals surface area (Å²) in [6, 6.07) is 5.85. The maximum Gasteiger partial charge on any atom is 0.271 e. The van der Waals surface area contributed by atoms with Crippen molar-refractivity contribution in [2.45, 2.75) is 26.4 Å². The molecule has 0 radical (unpaired) electrons. The van der Waals surface area contributed by atoms with Gasteiger partial charge in [-0.05, 0) is 36.1 Å². The molecule has 1 aromatic carbocycles. The molecule has 3 heterocycles. The average Bonchev–Trinajstić information content (AvgIpc) is 2.93. The number of rotatable bonds is 4. The lowest BCUT2D eigenvalue weighted by Crippen LogP contribution is -2.28. The van der Waals surface area contributed by atoms with Gasteiger partial charge in [-0.1, -0.05) is 0 Å². The van der Waals surface area contributed by atoms with Crippen LogP contribution in [0, 0.1) is 6.92 Å². The highest BCUT2D eigenvalue weighted by atomic mass is 32.1. The molecule has 4 rings (SSSR count). The van der Waals surface area contributed by atoms with Crippen molar-refractivity contribution in [3.05, 3.63) is 50.9 Å². The number of fused-ring (bicyclic) bond motifs is 2. The first kappa shape index (κ1) is 18.0. The van der Waals surface area contributed by atoms with E-state index in [0.717, 1.165) is 64.7 Å². The Morgan fingerprint density at radius 1 is 1.19 bits per heavy atom. The van der Waals surface area contributed by atoms with Gasteiger partial charge >= 0.3 is 0 Å². The third kappa shape index (κ3) is 3.33. The van der Waals surface area contributed by atoms with Gasteiger partial charge < -0.3 is 9.47 Å². The Labute approximate surface area is 162 Å². The molecule has 0 aliphatic carbocycles. The van der Waals surface area contributed by atoms with Crippen molar-refractivity contribution in [3.63, 3.8) is 0 Å². The molecule has 6 nitrogen and oxygen atoms in total. The summed E-state index contributed by atoms with van der Waals surface area (Å²) in [5, 5.41) is 2.01. The van der Waals surface area contributed by atoms with Crippen LogP contribution in [0.5, 0.6) is 11.5 Å². The van der Waals surface area contributed by atoms with Gasteiger partial charge in [-0.15, -0.1) is 11.3 Å². The highest BCUT2D eigenvalue weighted by Crippen LogP contribution is 2.26. The number of benzene rings is 1. The second-order valence-corrected chi connectivity index (χ2v) is 7.66. The zero-order valence-corrected chi connectivity index (χ0v) is 16.6. The molecule has 0 atom stereocenters. The van der Waals surface area contributed by atoms with Crippen molar-refractivity contribution in [1.29, 1.82) is 0 Å². The number of thiophene rings is 1. The molecule has 1 aliphatic heterocycles. The molecule has 2 aromatic heterocycles. The van der Waals surface area contributed by atoms with Crippen molar-refractivity contribution in [2.24, 2.45) is 0 Å². The molecule has 0 fully saturated rings. The van der Waals surface area contributed by atoms with E-state index >= 15 is 0 Å². The molecule has 3 aromatic rings. The monoisotopic (exact) mass is 385 g/mol. The fourth-order valence-corrected chi connectivity index (χ4v) is 4.53. The van der Waals surface area contributed by atoms with Gasteiger partial charge in [-0.3, -0.25) is 14.3 Å². The van der Waals surface area contributed by atoms with Crippen molar-refractivity contribution >= 4 is 21.6 Å². The first-order chi connectivity index (χ1) is 13.1. The first-order valence-electron chi connectivity index (χ1n) is 9.01. The number of hydrogen-bond acceptors (Lipinski definition) is 6. The summed E-state index contributed by atoms with van der Waals surface area (Å²) in [6.07, 6.45) is 0.757. The van der Waals surface area contributed by atoms with Gasteiger partial charge in [0.05, 0.1) is 19.7 Å². The van der Waals surface area contributed by atoms with Gasteiger partial charge in [0, 0.05) is 38.2 Å². The minimum absolute atomic E-state index is 0.0916. The zero-order chi connectivity index (χ0) is 19.0. The predicted octanol–water partition coefficient (Wildman–Crippen LogP) is 2.84. The number of hydrogen-bond donors (Lipinski definition) is 0. The molecular formula is C20H23N3O3S. The molecule has 142 valence electrons. The van der Waals surface area contributed by atoms with E-state index in [-0.39, 0.29) is 5.56 Å². The topological polar surface area (TPSA) is 56.6 Å². The normalized spacial score (nSPS) is 14.8. The largest absolute Gasteiger partial charge is 0.497 e. The Hall–Kier alpha value is -2.38. The van der Waals surface area contributed by atoms with Gasteiger partial charge in [0.25, 0.3) is 5.56 Å². The van der Waals surface area contributed by atoms with Crippen LogP contribution >= 0.6 is 11.3 Å². The number of aryl methyl sites for hydroxylation is 1. The lowest BCUT2D eigenvalue weighted by atomic mass is 10.1.